The average molecular weight is 431 g/mol. The van der Waals surface area contributed by atoms with E-state index in [2.05, 4.69) is 31.7 Å². The number of fused-ring (bicyclic) bond motifs is 1. The molecule has 1 aromatic heterocycles. The number of carbonyl (C=O) groups excluding carboxylic acids is 2. The normalized spacial score (nSPS) is 10.4. The van der Waals surface area contributed by atoms with Crippen molar-refractivity contribution in [1.82, 2.24) is 20.8 Å². The summed E-state index contributed by atoms with van der Waals surface area (Å²) < 4.78 is 13.0. The molecule has 0 aliphatic rings. The van der Waals surface area contributed by atoms with Crippen LogP contribution in [0.25, 0.3) is 10.8 Å². The van der Waals surface area contributed by atoms with Crippen LogP contribution in [0.1, 0.15) is 20.7 Å². The van der Waals surface area contributed by atoms with Gasteiger partial charge in [0, 0.05) is 11.1 Å². The summed E-state index contributed by atoms with van der Waals surface area (Å²) in [5, 5.41) is 1.74. The third-order valence-corrected chi connectivity index (χ3v) is 4.61. The third kappa shape index (κ3) is 4.38. The van der Waals surface area contributed by atoms with Crippen LogP contribution < -0.4 is 27.4 Å². The number of carbonyl (C=O) groups is 2. The van der Waals surface area contributed by atoms with Gasteiger partial charge in [0.05, 0.1) is 0 Å². The van der Waals surface area contributed by atoms with Crippen LogP contribution in [0.2, 0.25) is 0 Å². The highest BCUT2D eigenvalue weighted by Crippen LogP contribution is 2.22. The predicted octanol–water partition coefficient (Wildman–Crippen LogP) is 2.86. The van der Waals surface area contributed by atoms with Gasteiger partial charge in [0.1, 0.15) is 17.8 Å². The van der Waals surface area contributed by atoms with Gasteiger partial charge in [-0.05, 0) is 41.1 Å². The van der Waals surface area contributed by atoms with Crippen molar-refractivity contribution in [1.29, 1.82) is 0 Å². The van der Waals surface area contributed by atoms with E-state index in [-0.39, 0.29) is 28.8 Å². The second kappa shape index (κ2) is 8.96. The summed E-state index contributed by atoms with van der Waals surface area (Å²) in [7, 11) is 0. The second-order valence-electron chi connectivity index (χ2n) is 6.68. The van der Waals surface area contributed by atoms with Gasteiger partial charge < -0.3 is 5.73 Å². The summed E-state index contributed by atoms with van der Waals surface area (Å²) in [6, 6.07) is 18.0. The van der Waals surface area contributed by atoms with Crippen LogP contribution in [0.4, 0.5) is 21.7 Å². The number of halogens is 1. The number of hydrazine groups is 2. The summed E-state index contributed by atoms with van der Waals surface area (Å²) in [6.07, 6.45) is 1.20. The molecule has 0 aliphatic heterocycles. The molecule has 0 spiro atoms. The Morgan fingerprint density at radius 1 is 0.781 bits per heavy atom. The van der Waals surface area contributed by atoms with Crippen molar-refractivity contribution in [3.05, 3.63) is 90.0 Å². The van der Waals surface area contributed by atoms with E-state index < -0.39 is 11.7 Å². The Labute approximate surface area is 181 Å². The van der Waals surface area contributed by atoms with Crippen LogP contribution in [-0.2, 0) is 0 Å². The molecule has 0 fully saturated rings. The molecule has 0 saturated carbocycles. The van der Waals surface area contributed by atoms with Crippen molar-refractivity contribution in [2.45, 2.75) is 0 Å². The molecule has 0 saturated heterocycles. The van der Waals surface area contributed by atoms with Crippen LogP contribution in [0.15, 0.2) is 73.1 Å². The number of amides is 2. The SMILES string of the molecule is Nc1c(NNC(=O)c2ccc(F)cc2)ncnc1NNC(=O)c1cccc2ccccc12. The van der Waals surface area contributed by atoms with Gasteiger partial charge in [-0.2, -0.15) is 0 Å². The molecule has 32 heavy (non-hydrogen) atoms. The van der Waals surface area contributed by atoms with Crippen LogP contribution in [0, 0.1) is 5.82 Å². The van der Waals surface area contributed by atoms with Gasteiger partial charge in [0.15, 0.2) is 11.6 Å². The van der Waals surface area contributed by atoms with Gasteiger partial charge in [-0.15, -0.1) is 0 Å². The van der Waals surface area contributed by atoms with Crippen molar-refractivity contribution in [2.75, 3.05) is 16.6 Å². The highest BCUT2D eigenvalue weighted by molar-refractivity contribution is 6.07. The van der Waals surface area contributed by atoms with E-state index in [4.69, 9.17) is 5.73 Å². The van der Waals surface area contributed by atoms with E-state index in [1.165, 1.54) is 30.6 Å². The number of nitrogens with two attached hydrogens (primary N) is 1. The zero-order valence-electron chi connectivity index (χ0n) is 16.6. The summed E-state index contributed by atoms with van der Waals surface area (Å²) in [5.41, 5.74) is 17.1. The number of aromatic nitrogens is 2. The van der Waals surface area contributed by atoms with Crippen molar-refractivity contribution >= 4 is 39.9 Å². The topological polar surface area (TPSA) is 134 Å². The minimum absolute atomic E-state index is 0.0603. The molecule has 1 heterocycles. The predicted molar refractivity (Wildman–Crippen MR) is 119 cm³/mol. The zero-order valence-corrected chi connectivity index (χ0v) is 16.6. The maximum atomic E-state index is 13.0. The molecule has 6 N–H and O–H groups in total. The smallest absolute Gasteiger partial charge is 0.270 e. The molecular formula is C22H18FN7O2. The Balaban J connectivity index is 1.42. The minimum atomic E-state index is -0.512. The molecule has 0 aliphatic carbocycles. The summed E-state index contributed by atoms with van der Waals surface area (Å²) >= 11 is 0. The van der Waals surface area contributed by atoms with Gasteiger partial charge in [-0.1, -0.05) is 36.4 Å². The molecule has 160 valence electrons. The lowest BCUT2D eigenvalue weighted by molar-refractivity contribution is 0.0955. The van der Waals surface area contributed by atoms with Crippen molar-refractivity contribution < 1.29 is 14.0 Å². The largest absolute Gasteiger partial charge is 0.393 e. The molecule has 3 aromatic carbocycles. The number of nitrogens with one attached hydrogen (secondary N) is 4. The maximum Gasteiger partial charge on any atom is 0.270 e. The van der Waals surface area contributed by atoms with Gasteiger partial charge in [0.25, 0.3) is 11.8 Å². The third-order valence-electron chi connectivity index (χ3n) is 4.61. The van der Waals surface area contributed by atoms with Gasteiger partial charge in [-0.3, -0.25) is 31.3 Å². The zero-order chi connectivity index (χ0) is 22.5. The molecule has 4 rings (SSSR count). The van der Waals surface area contributed by atoms with E-state index in [0.29, 0.717) is 5.56 Å². The highest BCUT2D eigenvalue weighted by atomic mass is 19.1. The fourth-order valence-corrected chi connectivity index (χ4v) is 2.99. The number of benzene rings is 3. The lowest BCUT2D eigenvalue weighted by Crippen LogP contribution is -2.32. The van der Waals surface area contributed by atoms with Crippen LogP contribution in [0.3, 0.4) is 0 Å². The number of nitrogen functional groups attached to an aromatic ring is 1. The molecule has 0 radical (unpaired) electrons. The van der Waals surface area contributed by atoms with E-state index in [9.17, 15) is 14.0 Å². The number of anilines is 3. The molecule has 0 bridgehead atoms. The maximum absolute atomic E-state index is 13.0. The van der Waals surface area contributed by atoms with Crippen molar-refractivity contribution in [2.24, 2.45) is 0 Å². The molecule has 2 amide bonds. The summed E-state index contributed by atoms with van der Waals surface area (Å²) in [6.45, 7) is 0. The van der Waals surface area contributed by atoms with Gasteiger partial charge >= 0.3 is 0 Å². The first-order chi connectivity index (χ1) is 15.5. The van der Waals surface area contributed by atoms with Crippen LogP contribution >= 0.6 is 0 Å². The fourth-order valence-electron chi connectivity index (χ4n) is 2.99. The van der Waals surface area contributed by atoms with E-state index in [1.807, 2.05) is 30.3 Å². The Bertz CT molecular complexity index is 1290. The highest BCUT2D eigenvalue weighted by Gasteiger charge is 2.13. The quantitative estimate of drug-likeness (QED) is 0.296. The van der Waals surface area contributed by atoms with Crippen molar-refractivity contribution in [3.8, 4) is 0 Å². The summed E-state index contributed by atoms with van der Waals surface area (Å²) in [5.74, 6) is -1.10. The molecule has 0 unspecified atom stereocenters. The van der Waals surface area contributed by atoms with Crippen LogP contribution in [0.5, 0.6) is 0 Å². The first-order valence-electron chi connectivity index (χ1n) is 9.49. The van der Waals surface area contributed by atoms with Crippen molar-refractivity contribution in [3.63, 3.8) is 0 Å². The Kier molecular flexibility index (Phi) is 5.75. The second-order valence-corrected chi connectivity index (χ2v) is 6.68. The Morgan fingerprint density at radius 2 is 1.41 bits per heavy atom. The number of hydrogen-bond acceptors (Lipinski definition) is 7. The molecule has 10 heteroatoms. The average Bonchev–Trinajstić information content (AvgIpc) is 2.82. The van der Waals surface area contributed by atoms with Gasteiger partial charge in [-0.25, -0.2) is 14.4 Å². The molecule has 9 nitrogen and oxygen atoms in total. The van der Waals surface area contributed by atoms with E-state index in [0.717, 1.165) is 10.8 Å². The molecule has 4 aromatic rings. The lowest BCUT2D eigenvalue weighted by atomic mass is 10.0. The lowest BCUT2D eigenvalue weighted by Gasteiger charge is -2.14. The first kappa shape index (κ1) is 20.5. The minimum Gasteiger partial charge on any atom is -0.393 e. The fraction of sp³-hybridized carbons (Fsp3) is 0. The number of rotatable bonds is 6. The molecule has 0 atom stereocenters. The number of nitrogens with zero attached hydrogens (tertiary/aromatic N) is 2. The van der Waals surface area contributed by atoms with Crippen LogP contribution in [-0.4, -0.2) is 21.8 Å². The van der Waals surface area contributed by atoms with E-state index in [1.54, 1.807) is 12.1 Å². The van der Waals surface area contributed by atoms with Gasteiger partial charge in [0.2, 0.25) is 0 Å². The number of hydrogen-bond donors (Lipinski definition) is 5. The Morgan fingerprint density at radius 3 is 2.12 bits per heavy atom. The Hall–Kier alpha value is -4.73. The standard InChI is InChI=1S/C22H18FN7O2/c23-15-10-8-14(9-11-15)21(31)29-27-19-18(24)20(26-12-25-19)28-30-22(32)17-7-3-5-13-4-1-2-6-16(13)17/h1-12H,24H2,(H,29,31)(H,30,32)(H2,25,26,27,28). The first-order valence-corrected chi connectivity index (χ1v) is 9.49. The monoisotopic (exact) mass is 431 g/mol. The summed E-state index contributed by atoms with van der Waals surface area (Å²) in [4.78, 5) is 32.8. The molecular weight excluding hydrogens is 413 g/mol. The van der Waals surface area contributed by atoms with E-state index >= 15 is 0 Å².